The van der Waals surface area contributed by atoms with E-state index in [2.05, 4.69) is 20.3 Å². The van der Waals surface area contributed by atoms with Crippen molar-refractivity contribution in [3.05, 3.63) is 48.7 Å². The maximum atomic E-state index is 13.3. The van der Waals surface area contributed by atoms with Gasteiger partial charge in [-0.1, -0.05) is 12.8 Å². The zero-order chi connectivity index (χ0) is 20.2. The van der Waals surface area contributed by atoms with Gasteiger partial charge in [0.1, 0.15) is 5.82 Å². The van der Waals surface area contributed by atoms with Crippen molar-refractivity contribution in [2.24, 2.45) is 5.92 Å². The molecule has 0 spiro atoms. The number of nitrogens with one attached hydrogen (secondary N) is 1. The van der Waals surface area contributed by atoms with Crippen molar-refractivity contribution in [2.75, 3.05) is 11.9 Å². The number of benzene rings is 1. The molecule has 29 heavy (non-hydrogen) atoms. The van der Waals surface area contributed by atoms with Crippen LogP contribution in [0.3, 0.4) is 0 Å². The molecule has 0 unspecified atom stereocenters. The summed E-state index contributed by atoms with van der Waals surface area (Å²) in [6.07, 6.45) is 5.33. The van der Waals surface area contributed by atoms with Crippen LogP contribution in [0.2, 0.25) is 0 Å². The predicted molar refractivity (Wildman–Crippen MR) is 105 cm³/mol. The summed E-state index contributed by atoms with van der Waals surface area (Å²) in [5, 5.41) is 3.27. The lowest BCUT2D eigenvalue weighted by atomic mass is 10.1. The molecule has 0 atom stereocenters. The normalized spacial score (nSPS) is 14.6. The van der Waals surface area contributed by atoms with E-state index < -0.39 is 13.0 Å². The van der Waals surface area contributed by atoms with Crippen molar-refractivity contribution in [2.45, 2.75) is 38.7 Å². The molecular formula is C21H22F3N5. The lowest BCUT2D eigenvalue weighted by molar-refractivity contribution is 0.127. The smallest absolute Gasteiger partial charge is 0.256 e. The van der Waals surface area contributed by atoms with Gasteiger partial charge in [-0.2, -0.15) is 0 Å². The maximum absolute atomic E-state index is 13.3. The van der Waals surface area contributed by atoms with E-state index in [-0.39, 0.29) is 5.82 Å². The Morgan fingerprint density at radius 1 is 1.07 bits per heavy atom. The van der Waals surface area contributed by atoms with Crippen LogP contribution in [0.25, 0.3) is 22.6 Å². The third-order valence-electron chi connectivity index (χ3n) is 5.21. The highest BCUT2D eigenvalue weighted by molar-refractivity contribution is 5.77. The van der Waals surface area contributed by atoms with Crippen molar-refractivity contribution in [3.8, 4) is 22.6 Å². The van der Waals surface area contributed by atoms with Crippen LogP contribution in [0.15, 0.2) is 42.9 Å². The minimum absolute atomic E-state index is 0.372. The van der Waals surface area contributed by atoms with Crippen molar-refractivity contribution < 1.29 is 13.2 Å². The first-order valence-corrected chi connectivity index (χ1v) is 9.76. The standard InChI is InChI=1S/C21H22F3N5/c22-16-7-5-15(6-8-16)19-20(29(13-27-19)12-18(23)24)17-9-10-25-21(28-17)26-11-14-3-1-2-4-14/h5-10,13-14,18H,1-4,11-12H2,(H,25,26,28). The van der Waals surface area contributed by atoms with Crippen molar-refractivity contribution >= 4 is 5.95 Å². The Balaban J connectivity index is 1.67. The summed E-state index contributed by atoms with van der Waals surface area (Å²) in [6.45, 7) is 0.295. The highest BCUT2D eigenvalue weighted by Crippen LogP contribution is 2.31. The Morgan fingerprint density at radius 2 is 1.83 bits per heavy atom. The summed E-state index contributed by atoms with van der Waals surface area (Å²) < 4.78 is 40.9. The Labute approximate surface area is 167 Å². The van der Waals surface area contributed by atoms with Gasteiger partial charge in [-0.3, -0.25) is 0 Å². The third-order valence-corrected chi connectivity index (χ3v) is 5.21. The fourth-order valence-electron chi connectivity index (χ4n) is 3.78. The van der Waals surface area contributed by atoms with Crippen molar-refractivity contribution in [1.82, 2.24) is 19.5 Å². The van der Waals surface area contributed by atoms with E-state index in [4.69, 9.17) is 0 Å². The van der Waals surface area contributed by atoms with Gasteiger partial charge in [0.2, 0.25) is 5.95 Å². The number of anilines is 1. The second kappa shape index (κ2) is 8.63. The molecular weight excluding hydrogens is 379 g/mol. The molecule has 0 aliphatic heterocycles. The fraction of sp³-hybridized carbons (Fsp3) is 0.381. The summed E-state index contributed by atoms with van der Waals surface area (Å²) in [5.41, 5.74) is 2.06. The molecule has 1 aromatic carbocycles. The van der Waals surface area contributed by atoms with E-state index in [0.717, 1.165) is 6.54 Å². The molecule has 0 saturated heterocycles. The van der Waals surface area contributed by atoms with Crippen LogP contribution in [0.1, 0.15) is 25.7 Å². The number of nitrogens with zero attached hydrogens (tertiary/aromatic N) is 4. The summed E-state index contributed by atoms with van der Waals surface area (Å²) in [4.78, 5) is 13.1. The van der Waals surface area contributed by atoms with Crippen LogP contribution >= 0.6 is 0 Å². The first-order chi connectivity index (χ1) is 14.1. The molecule has 2 heterocycles. The molecule has 1 N–H and O–H groups in total. The molecule has 1 fully saturated rings. The number of halogens is 3. The lowest BCUT2D eigenvalue weighted by Crippen LogP contribution is -2.13. The number of imidazole rings is 1. The average Bonchev–Trinajstić information content (AvgIpc) is 3.37. The first kappa shape index (κ1) is 19.4. The Morgan fingerprint density at radius 3 is 2.55 bits per heavy atom. The van der Waals surface area contributed by atoms with E-state index in [1.165, 1.54) is 48.7 Å². The summed E-state index contributed by atoms with van der Waals surface area (Å²) in [5.74, 6) is 0.702. The average molecular weight is 401 g/mol. The van der Waals surface area contributed by atoms with Crippen LogP contribution in [-0.2, 0) is 6.54 Å². The van der Waals surface area contributed by atoms with Gasteiger partial charge in [-0.25, -0.2) is 28.1 Å². The summed E-state index contributed by atoms with van der Waals surface area (Å²) >= 11 is 0. The van der Waals surface area contributed by atoms with Crippen LogP contribution in [0.4, 0.5) is 19.1 Å². The number of rotatable bonds is 7. The minimum atomic E-state index is -2.54. The lowest BCUT2D eigenvalue weighted by Gasteiger charge is -2.13. The van der Waals surface area contributed by atoms with Gasteiger partial charge in [0.15, 0.2) is 0 Å². The fourth-order valence-corrected chi connectivity index (χ4v) is 3.78. The van der Waals surface area contributed by atoms with Gasteiger partial charge in [0.25, 0.3) is 6.43 Å². The van der Waals surface area contributed by atoms with Crippen LogP contribution in [0, 0.1) is 11.7 Å². The third kappa shape index (κ3) is 4.58. The summed E-state index contributed by atoms with van der Waals surface area (Å²) in [6, 6.07) is 7.47. The van der Waals surface area contributed by atoms with E-state index >= 15 is 0 Å². The topological polar surface area (TPSA) is 55.6 Å². The van der Waals surface area contributed by atoms with E-state index in [1.54, 1.807) is 24.4 Å². The first-order valence-electron chi connectivity index (χ1n) is 9.76. The molecule has 0 amide bonds. The largest absolute Gasteiger partial charge is 0.354 e. The molecule has 3 aromatic rings. The number of hydrogen-bond acceptors (Lipinski definition) is 4. The molecule has 8 heteroatoms. The molecule has 1 aliphatic rings. The molecule has 0 radical (unpaired) electrons. The van der Waals surface area contributed by atoms with E-state index in [0.29, 0.717) is 34.5 Å². The van der Waals surface area contributed by atoms with Gasteiger partial charge >= 0.3 is 0 Å². The second-order valence-corrected chi connectivity index (χ2v) is 7.29. The molecule has 0 bridgehead atoms. The predicted octanol–water partition coefficient (Wildman–Crippen LogP) is 5.01. The molecule has 5 nitrogen and oxygen atoms in total. The maximum Gasteiger partial charge on any atom is 0.256 e. The molecule has 2 aromatic heterocycles. The van der Waals surface area contributed by atoms with Gasteiger partial charge in [-0.05, 0) is 49.1 Å². The van der Waals surface area contributed by atoms with E-state index in [9.17, 15) is 13.2 Å². The molecule has 1 saturated carbocycles. The van der Waals surface area contributed by atoms with Crippen LogP contribution < -0.4 is 5.32 Å². The second-order valence-electron chi connectivity index (χ2n) is 7.29. The highest BCUT2D eigenvalue weighted by atomic mass is 19.3. The Kier molecular flexibility index (Phi) is 5.78. The minimum Gasteiger partial charge on any atom is -0.354 e. The summed E-state index contributed by atoms with van der Waals surface area (Å²) in [7, 11) is 0. The van der Waals surface area contributed by atoms with Crippen LogP contribution in [0.5, 0.6) is 0 Å². The molecule has 152 valence electrons. The highest BCUT2D eigenvalue weighted by Gasteiger charge is 2.20. The van der Waals surface area contributed by atoms with Crippen molar-refractivity contribution in [1.29, 1.82) is 0 Å². The van der Waals surface area contributed by atoms with Crippen LogP contribution in [-0.4, -0.2) is 32.5 Å². The zero-order valence-electron chi connectivity index (χ0n) is 15.9. The van der Waals surface area contributed by atoms with Gasteiger partial charge in [0, 0.05) is 18.3 Å². The zero-order valence-corrected chi connectivity index (χ0v) is 15.9. The van der Waals surface area contributed by atoms with Crippen molar-refractivity contribution in [3.63, 3.8) is 0 Å². The number of alkyl halides is 2. The SMILES string of the molecule is Fc1ccc(-c2ncn(CC(F)F)c2-c2ccnc(NCC3CCCC3)n2)cc1. The van der Waals surface area contributed by atoms with E-state index in [1.807, 2.05) is 0 Å². The van der Waals surface area contributed by atoms with Gasteiger partial charge < -0.3 is 9.88 Å². The monoisotopic (exact) mass is 401 g/mol. The van der Waals surface area contributed by atoms with Gasteiger partial charge in [-0.15, -0.1) is 0 Å². The molecule has 4 rings (SSSR count). The number of hydrogen-bond donors (Lipinski definition) is 1. The quantitative estimate of drug-likeness (QED) is 0.604. The number of aromatic nitrogens is 4. The Hall–Kier alpha value is -2.90. The Bertz CT molecular complexity index is 949. The molecule has 1 aliphatic carbocycles. The van der Waals surface area contributed by atoms with Gasteiger partial charge in [0.05, 0.1) is 30.0 Å².